The van der Waals surface area contributed by atoms with Crippen molar-refractivity contribution in [2.75, 3.05) is 5.73 Å². The summed E-state index contributed by atoms with van der Waals surface area (Å²) in [6, 6.07) is 9.47. The van der Waals surface area contributed by atoms with Gasteiger partial charge in [0.25, 0.3) is 0 Å². The number of para-hydroxylation sites is 2. The minimum Gasteiger partial charge on any atom is -0.369 e. The van der Waals surface area contributed by atoms with Crippen LogP contribution in [-0.4, -0.2) is 19.5 Å². The standard InChI is InChI=1S/C11H9N5/c12-10-15-8-4-1-2-5-9(8)16(10)11-13-6-3-7-14-11/h1-7H,(H2,12,15). The van der Waals surface area contributed by atoms with Gasteiger partial charge in [-0.05, 0) is 18.2 Å². The van der Waals surface area contributed by atoms with Crippen molar-refractivity contribution in [2.45, 2.75) is 0 Å². The van der Waals surface area contributed by atoms with Crippen LogP contribution in [0.4, 0.5) is 5.95 Å². The van der Waals surface area contributed by atoms with Gasteiger partial charge in [0.2, 0.25) is 11.9 Å². The van der Waals surface area contributed by atoms with Crippen molar-refractivity contribution in [3.63, 3.8) is 0 Å². The Labute approximate surface area is 91.6 Å². The van der Waals surface area contributed by atoms with Crippen LogP contribution in [-0.2, 0) is 0 Å². The highest BCUT2D eigenvalue weighted by Crippen LogP contribution is 2.19. The molecule has 0 amide bonds. The zero-order valence-corrected chi connectivity index (χ0v) is 8.41. The number of benzene rings is 1. The fourth-order valence-electron chi connectivity index (χ4n) is 1.66. The molecule has 0 aliphatic rings. The van der Waals surface area contributed by atoms with Crippen LogP contribution in [0.3, 0.4) is 0 Å². The van der Waals surface area contributed by atoms with E-state index in [4.69, 9.17) is 5.73 Å². The number of imidazole rings is 1. The van der Waals surface area contributed by atoms with Crippen molar-refractivity contribution in [2.24, 2.45) is 0 Å². The molecule has 2 heterocycles. The Bertz CT molecular complexity index is 629. The predicted octanol–water partition coefficient (Wildman–Crippen LogP) is 1.40. The van der Waals surface area contributed by atoms with Crippen LogP contribution in [0, 0.1) is 0 Å². The van der Waals surface area contributed by atoms with E-state index in [0.717, 1.165) is 11.0 Å². The topological polar surface area (TPSA) is 69.6 Å². The average molecular weight is 211 g/mol. The van der Waals surface area contributed by atoms with Crippen molar-refractivity contribution in [3.05, 3.63) is 42.7 Å². The molecule has 0 aliphatic carbocycles. The summed E-state index contributed by atoms with van der Waals surface area (Å²) in [6.45, 7) is 0. The van der Waals surface area contributed by atoms with Gasteiger partial charge in [0.1, 0.15) is 0 Å². The van der Waals surface area contributed by atoms with E-state index >= 15 is 0 Å². The quantitative estimate of drug-likeness (QED) is 0.660. The van der Waals surface area contributed by atoms with Gasteiger partial charge in [-0.2, -0.15) is 0 Å². The molecular weight excluding hydrogens is 202 g/mol. The molecular formula is C11H9N5. The molecule has 0 spiro atoms. The van der Waals surface area contributed by atoms with E-state index in [0.29, 0.717) is 11.9 Å². The molecule has 2 aromatic heterocycles. The van der Waals surface area contributed by atoms with Gasteiger partial charge in [-0.1, -0.05) is 12.1 Å². The van der Waals surface area contributed by atoms with E-state index < -0.39 is 0 Å². The van der Waals surface area contributed by atoms with Crippen LogP contribution in [0.15, 0.2) is 42.7 Å². The van der Waals surface area contributed by atoms with E-state index in [9.17, 15) is 0 Å². The molecule has 0 fully saturated rings. The fourth-order valence-corrected chi connectivity index (χ4v) is 1.66. The first-order valence-corrected chi connectivity index (χ1v) is 4.86. The van der Waals surface area contributed by atoms with Crippen LogP contribution in [0.5, 0.6) is 0 Å². The normalized spacial score (nSPS) is 10.8. The van der Waals surface area contributed by atoms with Crippen molar-refractivity contribution in [1.29, 1.82) is 0 Å². The molecule has 0 saturated heterocycles. The lowest BCUT2D eigenvalue weighted by Crippen LogP contribution is -2.04. The zero-order chi connectivity index (χ0) is 11.0. The first-order valence-electron chi connectivity index (χ1n) is 4.86. The maximum absolute atomic E-state index is 5.86. The Balaban J connectivity index is 2.35. The molecule has 0 atom stereocenters. The Morgan fingerprint density at radius 1 is 1.00 bits per heavy atom. The Morgan fingerprint density at radius 3 is 2.56 bits per heavy atom. The summed E-state index contributed by atoms with van der Waals surface area (Å²) in [5.41, 5.74) is 7.61. The van der Waals surface area contributed by atoms with Gasteiger partial charge in [0, 0.05) is 12.4 Å². The number of nitrogens with two attached hydrogens (primary N) is 1. The lowest BCUT2D eigenvalue weighted by molar-refractivity contribution is 0.960. The number of rotatable bonds is 1. The van der Waals surface area contributed by atoms with Crippen molar-refractivity contribution < 1.29 is 0 Å². The molecule has 0 aliphatic heterocycles. The zero-order valence-electron chi connectivity index (χ0n) is 8.41. The third-order valence-electron chi connectivity index (χ3n) is 2.34. The van der Waals surface area contributed by atoms with Gasteiger partial charge >= 0.3 is 0 Å². The van der Waals surface area contributed by atoms with Crippen LogP contribution in [0.2, 0.25) is 0 Å². The SMILES string of the molecule is Nc1nc2ccccc2n1-c1ncccn1. The predicted molar refractivity (Wildman–Crippen MR) is 61.1 cm³/mol. The summed E-state index contributed by atoms with van der Waals surface area (Å²) in [5.74, 6) is 0.932. The van der Waals surface area contributed by atoms with E-state index in [-0.39, 0.29) is 0 Å². The van der Waals surface area contributed by atoms with Crippen LogP contribution in [0.1, 0.15) is 0 Å². The van der Waals surface area contributed by atoms with Gasteiger partial charge in [0.05, 0.1) is 11.0 Å². The molecule has 0 bridgehead atoms. The number of aromatic nitrogens is 4. The largest absolute Gasteiger partial charge is 0.369 e. The van der Waals surface area contributed by atoms with Gasteiger partial charge < -0.3 is 5.73 Å². The number of anilines is 1. The minimum atomic E-state index is 0.396. The summed E-state index contributed by atoms with van der Waals surface area (Å²) >= 11 is 0. The van der Waals surface area contributed by atoms with Gasteiger partial charge in [-0.25, -0.2) is 19.5 Å². The van der Waals surface area contributed by atoms with Crippen LogP contribution < -0.4 is 5.73 Å². The number of nitrogen functional groups attached to an aromatic ring is 1. The van der Waals surface area contributed by atoms with E-state index in [1.54, 1.807) is 23.0 Å². The van der Waals surface area contributed by atoms with Gasteiger partial charge in [-0.15, -0.1) is 0 Å². The maximum Gasteiger partial charge on any atom is 0.236 e. The van der Waals surface area contributed by atoms with Gasteiger partial charge in [-0.3, -0.25) is 0 Å². The molecule has 3 aromatic rings. The van der Waals surface area contributed by atoms with Crippen molar-refractivity contribution in [3.8, 4) is 5.95 Å². The monoisotopic (exact) mass is 211 g/mol. The summed E-state index contributed by atoms with van der Waals surface area (Å²) in [5, 5.41) is 0. The highest BCUT2D eigenvalue weighted by Gasteiger charge is 2.10. The first-order chi connectivity index (χ1) is 7.86. The highest BCUT2D eigenvalue weighted by molar-refractivity contribution is 5.79. The second-order valence-corrected chi connectivity index (χ2v) is 3.34. The summed E-state index contributed by atoms with van der Waals surface area (Å²) in [6.07, 6.45) is 3.35. The van der Waals surface area contributed by atoms with E-state index in [1.807, 2.05) is 24.3 Å². The summed E-state index contributed by atoms with van der Waals surface area (Å²) < 4.78 is 1.73. The Morgan fingerprint density at radius 2 is 1.75 bits per heavy atom. The molecule has 5 nitrogen and oxygen atoms in total. The van der Waals surface area contributed by atoms with E-state index in [2.05, 4.69) is 15.0 Å². The molecule has 0 saturated carbocycles. The third kappa shape index (κ3) is 1.22. The lowest BCUT2D eigenvalue weighted by atomic mass is 10.3. The lowest BCUT2D eigenvalue weighted by Gasteiger charge is -2.02. The van der Waals surface area contributed by atoms with E-state index in [1.165, 1.54) is 0 Å². The smallest absolute Gasteiger partial charge is 0.236 e. The minimum absolute atomic E-state index is 0.396. The number of hydrogen-bond acceptors (Lipinski definition) is 4. The highest BCUT2D eigenvalue weighted by atomic mass is 15.2. The molecule has 5 heteroatoms. The molecule has 3 rings (SSSR count). The molecule has 2 N–H and O–H groups in total. The second kappa shape index (κ2) is 3.30. The van der Waals surface area contributed by atoms with Crippen molar-refractivity contribution in [1.82, 2.24) is 19.5 Å². The summed E-state index contributed by atoms with van der Waals surface area (Å²) in [7, 11) is 0. The molecule has 1 aromatic carbocycles. The molecule has 78 valence electrons. The maximum atomic E-state index is 5.86. The van der Waals surface area contributed by atoms with Crippen LogP contribution >= 0.6 is 0 Å². The second-order valence-electron chi connectivity index (χ2n) is 3.34. The Hall–Kier alpha value is -2.43. The molecule has 16 heavy (non-hydrogen) atoms. The first kappa shape index (κ1) is 8.84. The number of hydrogen-bond donors (Lipinski definition) is 1. The molecule has 0 radical (unpaired) electrons. The third-order valence-corrected chi connectivity index (χ3v) is 2.34. The average Bonchev–Trinajstić information content (AvgIpc) is 2.66. The van der Waals surface area contributed by atoms with Gasteiger partial charge in [0.15, 0.2) is 0 Å². The molecule has 0 unspecified atom stereocenters. The van der Waals surface area contributed by atoms with Crippen LogP contribution in [0.25, 0.3) is 17.0 Å². The van der Waals surface area contributed by atoms with Crippen molar-refractivity contribution >= 4 is 17.0 Å². The Kier molecular flexibility index (Phi) is 1.83. The number of nitrogens with zero attached hydrogens (tertiary/aromatic N) is 4. The summed E-state index contributed by atoms with van der Waals surface area (Å²) in [4.78, 5) is 12.6. The number of fused-ring (bicyclic) bond motifs is 1. The fraction of sp³-hybridized carbons (Fsp3) is 0.